The third-order valence-electron chi connectivity index (χ3n) is 5.07. The summed E-state index contributed by atoms with van der Waals surface area (Å²) in [5.41, 5.74) is -6.15. The summed E-state index contributed by atoms with van der Waals surface area (Å²) < 4.78 is 86.1. The van der Waals surface area contributed by atoms with Crippen LogP contribution < -0.4 is 0 Å². The lowest BCUT2D eigenvalue weighted by Crippen LogP contribution is -2.31. The van der Waals surface area contributed by atoms with E-state index in [0.29, 0.717) is 12.1 Å². The number of nitro benzene ring substituents is 1. The van der Waals surface area contributed by atoms with Gasteiger partial charge in [0.15, 0.2) is 5.60 Å². The van der Waals surface area contributed by atoms with Crippen LogP contribution in [0.4, 0.5) is 32.0 Å². The number of alkyl halides is 6. The maximum atomic E-state index is 13.4. The van der Waals surface area contributed by atoms with E-state index in [9.17, 15) is 41.3 Å². The molecule has 11 heteroatoms. The van der Waals surface area contributed by atoms with Crippen LogP contribution in [0.2, 0.25) is 0 Å². The summed E-state index contributed by atoms with van der Waals surface area (Å²) in [6.07, 6.45) is -10.2. The minimum absolute atomic E-state index is 0.0208. The number of nitrogens with zero attached hydrogens (tertiary/aromatic N) is 1. The van der Waals surface area contributed by atoms with Crippen LogP contribution in [0.3, 0.4) is 0 Å². The zero-order valence-electron chi connectivity index (χ0n) is 17.3. The number of hydrogen-bond acceptors (Lipinski definition) is 4. The number of hydrogen-bond donors (Lipinski definition) is 0. The Morgan fingerprint density at radius 1 is 0.765 bits per heavy atom. The van der Waals surface area contributed by atoms with Gasteiger partial charge >= 0.3 is 18.3 Å². The van der Waals surface area contributed by atoms with E-state index in [-0.39, 0.29) is 22.9 Å². The molecule has 0 amide bonds. The fourth-order valence-corrected chi connectivity index (χ4v) is 3.23. The first-order valence-electron chi connectivity index (χ1n) is 9.55. The third kappa shape index (κ3) is 5.19. The number of esters is 1. The first kappa shape index (κ1) is 24.7. The second-order valence-electron chi connectivity index (χ2n) is 7.39. The highest BCUT2D eigenvalue weighted by atomic mass is 19.4. The van der Waals surface area contributed by atoms with Crippen LogP contribution in [0.25, 0.3) is 0 Å². The van der Waals surface area contributed by atoms with Gasteiger partial charge in [0.1, 0.15) is 0 Å². The molecule has 34 heavy (non-hydrogen) atoms. The van der Waals surface area contributed by atoms with Crippen LogP contribution >= 0.6 is 0 Å². The van der Waals surface area contributed by atoms with Gasteiger partial charge in [0.25, 0.3) is 5.69 Å². The maximum absolute atomic E-state index is 13.4. The molecule has 3 aromatic carbocycles. The summed E-state index contributed by atoms with van der Waals surface area (Å²) in [5.74, 6) is -1.10. The lowest BCUT2D eigenvalue weighted by molar-refractivity contribution is -0.384. The van der Waals surface area contributed by atoms with Crippen molar-refractivity contribution >= 4 is 11.7 Å². The zero-order chi connectivity index (χ0) is 25.3. The van der Waals surface area contributed by atoms with Crippen LogP contribution in [0.5, 0.6) is 0 Å². The Bertz CT molecular complexity index is 1170. The monoisotopic (exact) mass is 483 g/mol. The van der Waals surface area contributed by atoms with E-state index < -0.39 is 45.5 Å². The summed E-state index contributed by atoms with van der Waals surface area (Å²) in [5, 5.41) is 10.8. The molecule has 0 fully saturated rings. The summed E-state index contributed by atoms with van der Waals surface area (Å²) in [7, 11) is 0. The third-order valence-corrected chi connectivity index (χ3v) is 5.07. The van der Waals surface area contributed by atoms with E-state index in [1.807, 2.05) is 0 Å². The summed E-state index contributed by atoms with van der Waals surface area (Å²) in [6.45, 7) is 1.17. The van der Waals surface area contributed by atoms with E-state index >= 15 is 0 Å². The molecule has 0 aliphatic carbocycles. The van der Waals surface area contributed by atoms with Crippen molar-refractivity contribution in [3.8, 4) is 0 Å². The first-order chi connectivity index (χ1) is 15.7. The number of halogens is 6. The molecule has 1 atom stereocenters. The topological polar surface area (TPSA) is 69.4 Å². The molecule has 0 saturated heterocycles. The van der Waals surface area contributed by atoms with Crippen molar-refractivity contribution in [2.24, 2.45) is 0 Å². The maximum Gasteiger partial charge on any atom is 0.416 e. The molecular formula is C23H15F6NO4. The molecule has 0 N–H and O–H groups in total. The van der Waals surface area contributed by atoms with Gasteiger partial charge in [-0.25, -0.2) is 4.79 Å². The van der Waals surface area contributed by atoms with Crippen molar-refractivity contribution in [1.29, 1.82) is 0 Å². The number of carbonyl (C=O) groups is 1. The normalized spacial score (nSPS) is 13.7. The predicted octanol–water partition coefficient (Wildman–Crippen LogP) is 6.75. The Hall–Kier alpha value is -3.89. The Kier molecular flexibility index (Phi) is 6.41. The van der Waals surface area contributed by atoms with Gasteiger partial charge in [0.2, 0.25) is 0 Å². The standard InChI is InChI=1S/C23H15F6NO4/c1-21(15-5-3-2-4-6-15,34-20(31)14-7-9-19(10-8-14)30(32)33)16-11-17(22(24,25)26)13-18(12-16)23(27,28)29/h2-13H,1H3. The molecule has 0 aliphatic rings. The Morgan fingerprint density at radius 3 is 1.68 bits per heavy atom. The minimum atomic E-state index is -5.10. The molecule has 3 aromatic rings. The van der Waals surface area contributed by atoms with Crippen LogP contribution in [-0.4, -0.2) is 10.9 Å². The van der Waals surface area contributed by atoms with Crippen LogP contribution in [0.1, 0.15) is 39.5 Å². The van der Waals surface area contributed by atoms with Crippen molar-refractivity contribution < 1.29 is 40.8 Å². The quantitative estimate of drug-likeness (QED) is 0.174. The van der Waals surface area contributed by atoms with Gasteiger partial charge in [0.05, 0.1) is 21.6 Å². The minimum Gasteiger partial charge on any atom is -0.446 e. The van der Waals surface area contributed by atoms with E-state index in [0.717, 1.165) is 24.3 Å². The SMILES string of the molecule is CC(OC(=O)c1ccc([N+](=O)[O-])cc1)(c1ccccc1)c1cc(C(F)(F)F)cc(C(F)(F)F)c1. The number of non-ortho nitro benzene ring substituents is 1. The fourth-order valence-electron chi connectivity index (χ4n) is 3.23. The van der Waals surface area contributed by atoms with Crippen molar-refractivity contribution in [2.75, 3.05) is 0 Å². The van der Waals surface area contributed by atoms with Crippen molar-refractivity contribution in [1.82, 2.24) is 0 Å². The van der Waals surface area contributed by atoms with Gasteiger partial charge in [-0.3, -0.25) is 10.1 Å². The average molecular weight is 483 g/mol. The van der Waals surface area contributed by atoms with Crippen molar-refractivity contribution in [3.63, 3.8) is 0 Å². The van der Waals surface area contributed by atoms with Gasteiger partial charge in [-0.15, -0.1) is 0 Å². The second kappa shape index (κ2) is 8.81. The highest BCUT2D eigenvalue weighted by Crippen LogP contribution is 2.42. The molecule has 0 aromatic heterocycles. The molecule has 0 aliphatic heterocycles. The summed E-state index contributed by atoms with van der Waals surface area (Å²) in [4.78, 5) is 22.9. The average Bonchev–Trinajstić information content (AvgIpc) is 2.78. The van der Waals surface area contributed by atoms with Crippen LogP contribution in [0.15, 0.2) is 72.8 Å². The molecule has 0 radical (unpaired) electrons. The van der Waals surface area contributed by atoms with Gasteiger partial charge in [-0.1, -0.05) is 30.3 Å². The van der Waals surface area contributed by atoms with Gasteiger partial charge in [-0.2, -0.15) is 26.3 Å². The molecule has 0 saturated carbocycles. The molecule has 5 nitrogen and oxygen atoms in total. The zero-order valence-corrected chi connectivity index (χ0v) is 17.3. The largest absolute Gasteiger partial charge is 0.446 e. The Labute approximate surface area is 188 Å². The number of benzene rings is 3. The van der Waals surface area contributed by atoms with Gasteiger partial charge in [-0.05, 0) is 42.8 Å². The molecule has 1 unspecified atom stereocenters. The number of carbonyl (C=O) groups excluding carboxylic acids is 1. The lowest BCUT2D eigenvalue weighted by atomic mass is 9.85. The summed E-state index contributed by atoms with van der Waals surface area (Å²) in [6, 6.07) is 12.4. The molecule has 0 heterocycles. The molecule has 3 rings (SSSR count). The Balaban J connectivity index is 2.17. The first-order valence-corrected chi connectivity index (χ1v) is 9.55. The lowest BCUT2D eigenvalue weighted by Gasteiger charge is -2.32. The van der Waals surface area contributed by atoms with E-state index in [1.165, 1.54) is 31.2 Å². The highest BCUT2D eigenvalue weighted by Gasteiger charge is 2.41. The van der Waals surface area contributed by atoms with E-state index in [4.69, 9.17) is 4.74 Å². The highest BCUT2D eigenvalue weighted by molar-refractivity contribution is 5.90. The second-order valence-corrected chi connectivity index (χ2v) is 7.39. The van der Waals surface area contributed by atoms with Crippen LogP contribution in [-0.2, 0) is 22.7 Å². The molecular weight excluding hydrogens is 468 g/mol. The van der Waals surface area contributed by atoms with E-state index in [2.05, 4.69) is 0 Å². The molecule has 0 spiro atoms. The van der Waals surface area contributed by atoms with Gasteiger partial charge in [0, 0.05) is 17.7 Å². The van der Waals surface area contributed by atoms with Crippen molar-refractivity contribution in [2.45, 2.75) is 24.9 Å². The molecule has 178 valence electrons. The number of nitro groups is 1. The Morgan fingerprint density at radius 2 is 1.24 bits per heavy atom. The molecule has 0 bridgehead atoms. The number of ether oxygens (including phenoxy) is 1. The predicted molar refractivity (Wildman–Crippen MR) is 108 cm³/mol. The smallest absolute Gasteiger partial charge is 0.416 e. The van der Waals surface area contributed by atoms with Crippen LogP contribution in [0, 0.1) is 10.1 Å². The number of rotatable bonds is 5. The van der Waals surface area contributed by atoms with E-state index in [1.54, 1.807) is 6.07 Å². The van der Waals surface area contributed by atoms with Crippen molar-refractivity contribution in [3.05, 3.63) is 111 Å². The fraction of sp³-hybridized carbons (Fsp3) is 0.174. The summed E-state index contributed by atoms with van der Waals surface area (Å²) >= 11 is 0. The van der Waals surface area contributed by atoms with Gasteiger partial charge < -0.3 is 4.74 Å².